The summed E-state index contributed by atoms with van der Waals surface area (Å²) in [5.41, 5.74) is 3.23. The summed E-state index contributed by atoms with van der Waals surface area (Å²) in [6.07, 6.45) is 0. The molecule has 2 aromatic carbocycles. The van der Waals surface area contributed by atoms with Crippen LogP contribution < -0.4 is 35.8 Å². The second kappa shape index (κ2) is 11.9. The van der Waals surface area contributed by atoms with Gasteiger partial charge in [0.1, 0.15) is 6.04 Å². The molecule has 4 unspecified atom stereocenters. The second-order valence-corrected chi connectivity index (χ2v) is 16.8. The number of nitrogens with zero attached hydrogens (tertiary/aromatic N) is 2. The van der Waals surface area contributed by atoms with E-state index in [-0.39, 0.29) is 70.5 Å². The van der Waals surface area contributed by atoms with Crippen molar-refractivity contribution in [3.63, 3.8) is 0 Å². The number of amides is 2. The maximum absolute atomic E-state index is 14.3. The highest BCUT2D eigenvalue weighted by Crippen LogP contribution is 2.48. The van der Waals surface area contributed by atoms with Crippen LogP contribution in [0.4, 0.5) is 17.1 Å². The Morgan fingerprint density at radius 2 is 1.35 bits per heavy atom. The zero-order valence-electron chi connectivity index (χ0n) is 31.3. The number of allylic oxidation sites excluding steroid dienone is 2. The summed E-state index contributed by atoms with van der Waals surface area (Å²) in [5, 5.41) is 21.9. The summed E-state index contributed by atoms with van der Waals surface area (Å²) >= 11 is 0. The zero-order chi connectivity index (χ0) is 35.9. The van der Waals surface area contributed by atoms with E-state index < -0.39 is 10.8 Å². The average Bonchev–Trinajstić information content (AvgIpc) is 3.35. The van der Waals surface area contributed by atoms with E-state index in [4.69, 9.17) is 0 Å². The molecular formula is C40H54N4O4. The Morgan fingerprint density at radius 3 is 1.85 bits per heavy atom. The van der Waals surface area contributed by atoms with Gasteiger partial charge in [-0.2, -0.15) is 0 Å². The second-order valence-electron chi connectivity index (χ2n) is 16.8. The molecule has 8 nitrogen and oxygen atoms in total. The molecule has 8 heteroatoms. The minimum Gasteiger partial charge on any atom is -0.871 e. The summed E-state index contributed by atoms with van der Waals surface area (Å²) in [6, 6.07) is 8.61. The molecule has 2 aromatic rings. The SMILES string of the molecule is CC1c2cc(C3=C([O-])/C(=c4\cc5c(cc4NC(=O)C(C)(C)C)=[N+](C(C)C)C(C)C5C)C3=O)c(NC(=O)C(C)(C)C)cc2N(C(C)C)C1C. The Morgan fingerprint density at radius 1 is 0.792 bits per heavy atom. The van der Waals surface area contributed by atoms with Gasteiger partial charge in [0, 0.05) is 74.0 Å². The maximum Gasteiger partial charge on any atom is 0.229 e. The van der Waals surface area contributed by atoms with Crippen LogP contribution in [0.15, 0.2) is 30.0 Å². The monoisotopic (exact) mass is 654 g/mol. The van der Waals surface area contributed by atoms with Gasteiger partial charge < -0.3 is 20.6 Å². The van der Waals surface area contributed by atoms with Crippen molar-refractivity contribution < 1.29 is 19.5 Å². The zero-order valence-corrected chi connectivity index (χ0v) is 31.3. The molecule has 1 aliphatic carbocycles. The highest BCUT2D eigenvalue weighted by Gasteiger charge is 2.40. The number of ketones is 1. The fourth-order valence-electron chi connectivity index (χ4n) is 7.45. The lowest BCUT2D eigenvalue weighted by Crippen LogP contribution is -2.40. The topological polar surface area (TPSA) is 105 Å². The Balaban J connectivity index is 1.79. The lowest BCUT2D eigenvalue weighted by atomic mass is 9.79. The molecule has 0 radical (unpaired) electrons. The molecule has 0 spiro atoms. The van der Waals surface area contributed by atoms with Crippen LogP contribution in [0, 0.1) is 10.8 Å². The Hall–Kier alpha value is -3.94. The number of benzene rings is 2. The number of hydrogen-bond donors (Lipinski definition) is 2. The number of nitrogens with one attached hydrogen (secondary N) is 2. The summed E-state index contributed by atoms with van der Waals surface area (Å²) in [5.74, 6) is -0.845. The Bertz CT molecular complexity index is 1890. The normalized spacial score (nSPS) is 23.5. The van der Waals surface area contributed by atoms with Gasteiger partial charge in [0.2, 0.25) is 17.2 Å². The van der Waals surface area contributed by atoms with E-state index in [0.29, 0.717) is 22.2 Å². The molecule has 5 rings (SSSR count). The molecule has 3 aliphatic rings. The average molecular weight is 655 g/mol. The molecule has 48 heavy (non-hydrogen) atoms. The van der Waals surface area contributed by atoms with Crippen molar-refractivity contribution in [1.82, 2.24) is 4.58 Å². The Kier molecular flexibility index (Phi) is 8.76. The molecule has 2 heterocycles. The van der Waals surface area contributed by atoms with Gasteiger partial charge in [-0.05, 0) is 65.3 Å². The summed E-state index contributed by atoms with van der Waals surface area (Å²) in [7, 11) is 0. The van der Waals surface area contributed by atoms with Crippen molar-refractivity contribution in [2.45, 2.75) is 133 Å². The van der Waals surface area contributed by atoms with Crippen molar-refractivity contribution in [3.05, 3.63) is 57.3 Å². The van der Waals surface area contributed by atoms with E-state index in [1.54, 1.807) is 0 Å². The van der Waals surface area contributed by atoms with E-state index >= 15 is 0 Å². The Labute approximate surface area is 286 Å². The molecule has 2 N–H and O–H groups in total. The molecule has 4 atom stereocenters. The molecule has 0 saturated heterocycles. The predicted molar refractivity (Wildman–Crippen MR) is 193 cm³/mol. The van der Waals surface area contributed by atoms with E-state index in [9.17, 15) is 19.5 Å². The smallest absolute Gasteiger partial charge is 0.229 e. The van der Waals surface area contributed by atoms with Crippen LogP contribution in [0.2, 0.25) is 0 Å². The van der Waals surface area contributed by atoms with Gasteiger partial charge in [-0.3, -0.25) is 14.4 Å². The molecule has 0 bridgehead atoms. The minimum atomic E-state index is -0.688. The first kappa shape index (κ1) is 35.4. The van der Waals surface area contributed by atoms with E-state index in [1.807, 2.05) is 65.8 Å². The largest absolute Gasteiger partial charge is 0.871 e. The van der Waals surface area contributed by atoms with Crippen LogP contribution in [0.3, 0.4) is 0 Å². The summed E-state index contributed by atoms with van der Waals surface area (Å²) in [4.78, 5) is 43.3. The lowest BCUT2D eigenvalue weighted by molar-refractivity contribution is -0.292. The highest BCUT2D eigenvalue weighted by molar-refractivity contribution is 6.52. The van der Waals surface area contributed by atoms with Crippen LogP contribution in [0.25, 0.3) is 11.1 Å². The third kappa shape index (κ3) is 5.65. The van der Waals surface area contributed by atoms with Gasteiger partial charge in [-0.1, -0.05) is 61.1 Å². The first-order valence-corrected chi connectivity index (χ1v) is 17.5. The lowest BCUT2D eigenvalue weighted by Gasteiger charge is -2.34. The van der Waals surface area contributed by atoms with E-state index in [1.165, 1.54) is 0 Å². The predicted octanol–water partition coefficient (Wildman–Crippen LogP) is 5.29. The molecule has 258 valence electrons. The third-order valence-corrected chi connectivity index (χ3v) is 10.6. The molecule has 0 fully saturated rings. The first-order chi connectivity index (χ1) is 22.1. The van der Waals surface area contributed by atoms with Gasteiger partial charge >= 0.3 is 0 Å². The number of hydrogen-bond acceptors (Lipinski definition) is 5. The van der Waals surface area contributed by atoms with Crippen molar-refractivity contribution in [1.29, 1.82) is 0 Å². The minimum absolute atomic E-state index is 0.0682. The van der Waals surface area contributed by atoms with Crippen LogP contribution in [0.5, 0.6) is 0 Å². The van der Waals surface area contributed by atoms with Crippen LogP contribution >= 0.6 is 0 Å². The van der Waals surface area contributed by atoms with Crippen LogP contribution in [0.1, 0.15) is 125 Å². The fourth-order valence-corrected chi connectivity index (χ4v) is 7.45. The number of fused-ring (bicyclic) bond motifs is 2. The van der Waals surface area contributed by atoms with E-state index in [2.05, 4.69) is 75.5 Å². The number of rotatable bonds is 5. The molecule has 0 saturated carbocycles. The van der Waals surface area contributed by atoms with E-state index in [0.717, 1.165) is 22.2 Å². The molecular weight excluding hydrogens is 600 g/mol. The van der Waals surface area contributed by atoms with Crippen LogP contribution in [-0.4, -0.2) is 41.8 Å². The molecule has 2 amide bonds. The van der Waals surface area contributed by atoms with Crippen molar-refractivity contribution >= 4 is 45.8 Å². The number of carbonyl (C=O) groups excluding carboxylic acids is 3. The summed E-state index contributed by atoms with van der Waals surface area (Å²) < 4.78 is 2.33. The van der Waals surface area contributed by atoms with Gasteiger partial charge in [-0.15, -0.1) is 0 Å². The van der Waals surface area contributed by atoms with Gasteiger partial charge in [0.25, 0.3) is 0 Å². The number of anilines is 3. The highest BCUT2D eigenvalue weighted by atomic mass is 16.3. The van der Waals surface area contributed by atoms with Crippen molar-refractivity contribution in [3.8, 4) is 0 Å². The van der Waals surface area contributed by atoms with Crippen LogP contribution in [-0.2, 0) is 14.4 Å². The third-order valence-electron chi connectivity index (χ3n) is 10.6. The maximum atomic E-state index is 14.3. The fraction of sp³-hybridized carbons (Fsp3) is 0.550. The van der Waals surface area contributed by atoms with Crippen molar-refractivity contribution in [2.75, 3.05) is 15.5 Å². The van der Waals surface area contributed by atoms with Gasteiger partial charge in [0.15, 0.2) is 11.8 Å². The van der Waals surface area contributed by atoms with Gasteiger partial charge in [-0.25, -0.2) is 4.58 Å². The number of carbonyl (C=O) groups is 3. The molecule has 2 aliphatic heterocycles. The quantitative estimate of drug-likeness (QED) is 0.427. The number of Topliss-reactive ketones (excluding diaryl/α,β-unsaturated/α-hetero) is 1. The summed E-state index contributed by atoms with van der Waals surface area (Å²) in [6.45, 7) is 28.3. The molecule has 0 aromatic heterocycles. The standard InChI is InChI=1S/C40H54N4O4/c1-19(2)43-23(7)21(5)25-15-27(29(17-31(25)43)41-37(47)39(9,10)11)33-35(45)34(36(33)46)28-16-26-22(6)24(8)44(20(3)4)32(26)18-30(28)42-38(48)40(12,13)14/h15-24H,1-14H3,(H2,41,42,45,46,47,48). The van der Waals surface area contributed by atoms with Gasteiger partial charge in [0.05, 0.1) is 11.4 Å². The first-order valence-electron chi connectivity index (χ1n) is 17.5. The van der Waals surface area contributed by atoms with Crippen molar-refractivity contribution in [2.24, 2.45) is 10.8 Å².